The average molecular weight is 282 g/mol. The molecule has 1 aromatic rings. The first kappa shape index (κ1) is 14.0. The van der Waals surface area contributed by atoms with Gasteiger partial charge in [0, 0.05) is 6.07 Å². The number of aliphatic carboxylic acids is 1. The molecule has 1 fully saturated rings. The number of rotatable bonds is 4. The number of nitro groups is 1. The number of nitrogens with zero attached hydrogens (tertiary/aromatic N) is 2. The summed E-state index contributed by atoms with van der Waals surface area (Å²) in [5.74, 6) is -0.936. The summed E-state index contributed by atoms with van der Waals surface area (Å²) >= 11 is 0. The maximum Gasteiger partial charge on any atom is 0.313 e. The lowest BCUT2D eigenvalue weighted by Crippen LogP contribution is -2.43. The summed E-state index contributed by atoms with van der Waals surface area (Å²) in [7, 11) is 0. The van der Waals surface area contributed by atoms with Gasteiger partial charge >= 0.3 is 11.7 Å². The van der Waals surface area contributed by atoms with Crippen LogP contribution in [0.4, 0.5) is 17.3 Å². The van der Waals surface area contributed by atoms with Crippen molar-refractivity contribution in [3.05, 3.63) is 22.2 Å². The zero-order valence-corrected chi connectivity index (χ0v) is 10.7. The molecule has 9 heteroatoms. The van der Waals surface area contributed by atoms with Crippen LogP contribution >= 0.6 is 0 Å². The quantitative estimate of drug-likeness (QED) is 0.534. The molecular formula is C11H14N4O5. The Balaban J connectivity index is 2.20. The summed E-state index contributed by atoms with van der Waals surface area (Å²) in [4.78, 5) is 25.1. The Labute approximate surface area is 113 Å². The Kier molecular flexibility index (Phi) is 3.45. The zero-order chi connectivity index (χ0) is 14.9. The average Bonchev–Trinajstić information content (AvgIpc) is 2.72. The summed E-state index contributed by atoms with van der Waals surface area (Å²) in [6.07, 6.45) is 0. The number of carboxylic acid groups (broad SMARTS) is 1. The second-order valence-corrected chi connectivity index (χ2v) is 4.79. The Morgan fingerprint density at radius 2 is 2.40 bits per heavy atom. The van der Waals surface area contributed by atoms with E-state index in [1.54, 1.807) is 6.92 Å². The normalized spacial score (nSPS) is 25.4. The number of anilines is 2. The molecule has 1 saturated heterocycles. The first-order valence-corrected chi connectivity index (χ1v) is 5.83. The number of aromatic nitrogens is 1. The molecule has 108 valence electrons. The van der Waals surface area contributed by atoms with Crippen molar-refractivity contribution in [2.45, 2.75) is 13.0 Å². The minimum atomic E-state index is -1.09. The van der Waals surface area contributed by atoms with Crippen LogP contribution in [0.1, 0.15) is 6.92 Å². The molecule has 0 radical (unpaired) electrons. The summed E-state index contributed by atoms with van der Waals surface area (Å²) in [5.41, 5.74) is 4.11. The summed E-state index contributed by atoms with van der Waals surface area (Å²) in [5, 5.41) is 22.8. The third-order valence-corrected chi connectivity index (χ3v) is 3.37. The van der Waals surface area contributed by atoms with Crippen LogP contribution in [-0.2, 0) is 9.53 Å². The molecule has 0 amide bonds. The molecule has 0 spiro atoms. The van der Waals surface area contributed by atoms with E-state index in [0.717, 1.165) is 0 Å². The number of carboxylic acids is 1. The van der Waals surface area contributed by atoms with Crippen molar-refractivity contribution in [3.63, 3.8) is 0 Å². The van der Waals surface area contributed by atoms with E-state index in [9.17, 15) is 20.0 Å². The van der Waals surface area contributed by atoms with Gasteiger partial charge in [0.2, 0.25) is 5.82 Å². The van der Waals surface area contributed by atoms with Crippen molar-refractivity contribution in [3.8, 4) is 0 Å². The molecule has 1 aromatic heterocycles. The van der Waals surface area contributed by atoms with Gasteiger partial charge in [0.1, 0.15) is 11.2 Å². The molecule has 2 unspecified atom stereocenters. The van der Waals surface area contributed by atoms with Gasteiger partial charge in [0.25, 0.3) is 0 Å². The predicted octanol–water partition coefficient (Wildman–Crippen LogP) is 0.474. The summed E-state index contributed by atoms with van der Waals surface area (Å²) < 4.78 is 5.19. The Morgan fingerprint density at radius 3 is 2.95 bits per heavy atom. The number of nitrogen functional groups attached to an aromatic ring is 1. The molecule has 0 saturated carbocycles. The number of nitrogens with one attached hydrogen (secondary N) is 1. The molecule has 0 aliphatic carbocycles. The number of hydrogen-bond donors (Lipinski definition) is 3. The molecule has 0 bridgehead atoms. The largest absolute Gasteiger partial charge is 0.481 e. The van der Waals surface area contributed by atoms with Gasteiger partial charge in [-0.15, -0.1) is 0 Å². The highest BCUT2D eigenvalue weighted by molar-refractivity contribution is 5.76. The maximum atomic E-state index is 11.3. The van der Waals surface area contributed by atoms with E-state index in [1.165, 1.54) is 12.1 Å². The lowest BCUT2D eigenvalue weighted by atomic mass is 9.85. The van der Waals surface area contributed by atoms with Gasteiger partial charge in [-0.2, -0.15) is 0 Å². The van der Waals surface area contributed by atoms with Crippen LogP contribution in [0.2, 0.25) is 0 Å². The second-order valence-electron chi connectivity index (χ2n) is 4.79. The third-order valence-electron chi connectivity index (χ3n) is 3.37. The smallest absolute Gasteiger partial charge is 0.313 e. The van der Waals surface area contributed by atoms with Gasteiger partial charge in [0.05, 0.1) is 24.2 Å². The zero-order valence-electron chi connectivity index (χ0n) is 10.7. The van der Waals surface area contributed by atoms with Gasteiger partial charge in [-0.1, -0.05) is 0 Å². The minimum Gasteiger partial charge on any atom is -0.481 e. The highest BCUT2D eigenvalue weighted by Gasteiger charge is 2.46. The Bertz CT molecular complexity index is 564. The molecule has 1 aliphatic rings. The van der Waals surface area contributed by atoms with Crippen LogP contribution in [0.15, 0.2) is 12.1 Å². The molecule has 2 heterocycles. The molecule has 2 rings (SSSR count). The summed E-state index contributed by atoms with van der Waals surface area (Å²) in [6.45, 7) is 1.86. The predicted molar refractivity (Wildman–Crippen MR) is 69.3 cm³/mol. The van der Waals surface area contributed by atoms with E-state index in [2.05, 4.69) is 10.3 Å². The molecule has 2 atom stereocenters. The Morgan fingerprint density at radius 1 is 1.70 bits per heavy atom. The van der Waals surface area contributed by atoms with Crippen molar-refractivity contribution >= 4 is 23.3 Å². The number of carbonyl (C=O) groups is 1. The van der Waals surface area contributed by atoms with Crippen LogP contribution in [0.25, 0.3) is 0 Å². The number of hydrogen-bond acceptors (Lipinski definition) is 7. The lowest BCUT2D eigenvalue weighted by molar-refractivity contribution is -0.384. The van der Waals surface area contributed by atoms with Gasteiger partial charge < -0.3 is 20.9 Å². The molecule has 4 N–H and O–H groups in total. The fourth-order valence-corrected chi connectivity index (χ4v) is 1.97. The molecule has 9 nitrogen and oxygen atoms in total. The highest BCUT2D eigenvalue weighted by Crippen LogP contribution is 2.31. The van der Waals surface area contributed by atoms with Crippen LogP contribution in [0.3, 0.4) is 0 Å². The number of ether oxygens (including phenoxy) is 1. The molecular weight excluding hydrogens is 268 g/mol. The first-order valence-electron chi connectivity index (χ1n) is 5.83. The van der Waals surface area contributed by atoms with Crippen LogP contribution in [0.5, 0.6) is 0 Å². The van der Waals surface area contributed by atoms with Gasteiger partial charge in [-0.05, 0) is 13.0 Å². The van der Waals surface area contributed by atoms with Crippen LogP contribution in [-0.4, -0.2) is 40.2 Å². The highest BCUT2D eigenvalue weighted by atomic mass is 16.6. The molecule has 1 aliphatic heterocycles. The SMILES string of the molecule is CC1(C(=O)O)COCC1Nc1ccc([N+](=O)[O-])c(N)n1. The van der Waals surface area contributed by atoms with Crippen molar-refractivity contribution in [1.29, 1.82) is 0 Å². The maximum absolute atomic E-state index is 11.3. The van der Waals surface area contributed by atoms with Gasteiger partial charge in [-0.25, -0.2) is 4.98 Å². The minimum absolute atomic E-state index is 0.0858. The third kappa shape index (κ3) is 2.35. The van der Waals surface area contributed by atoms with Crippen LogP contribution < -0.4 is 11.1 Å². The van der Waals surface area contributed by atoms with Crippen molar-refractivity contribution in [2.24, 2.45) is 5.41 Å². The van der Waals surface area contributed by atoms with E-state index in [4.69, 9.17) is 10.5 Å². The molecule has 20 heavy (non-hydrogen) atoms. The van der Waals surface area contributed by atoms with E-state index in [0.29, 0.717) is 0 Å². The van der Waals surface area contributed by atoms with Gasteiger partial charge in [0.15, 0.2) is 0 Å². The van der Waals surface area contributed by atoms with E-state index < -0.39 is 22.3 Å². The van der Waals surface area contributed by atoms with Crippen LogP contribution in [0, 0.1) is 15.5 Å². The van der Waals surface area contributed by atoms with Gasteiger partial charge in [-0.3, -0.25) is 14.9 Å². The fraction of sp³-hybridized carbons (Fsp3) is 0.455. The van der Waals surface area contributed by atoms with E-state index in [1.807, 2.05) is 0 Å². The second kappa shape index (κ2) is 4.93. The number of nitrogens with two attached hydrogens (primary N) is 1. The lowest BCUT2D eigenvalue weighted by Gasteiger charge is -2.25. The fourth-order valence-electron chi connectivity index (χ4n) is 1.97. The Hall–Kier alpha value is -2.42. The van der Waals surface area contributed by atoms with E-state index >= 15 is 0 Å². The molecule has 0 aromatic carbocycles. The van der Waals surface area contributed by atoms with E-state index in [-0.39, 0.29) is 30.5 Å². The van der Waals surface area contributed by atoms with Crippen molar-refractivity contribution in [2.75, 3.05) is 24.3 Å². The standard InChI is InChI=1S/C11H14N4O5/c1-11(10(16)17)5-20-4-7(11)13-8-3-2-6(15(18)19)9(12)14-8/h2-3,7H,4-5H2,1H3,(H,16,17)(H3,12,13,14). The first-order chi connectivity index (χ1) is 9.34. The summed E-state index contributed by atoms with van der Waals surface area (Å²) in [6, 6.07) is 2.11. The topological polar surface area (TPSA) is 141 Å². The monoisotopic (exact) mass is 282 g/mol. The van der Waals surface area contributed by atoms with Crippen molar-refractivity contribution < 1.29 is 19.6 Å². The van der Waals surface area contributed by atoms with Crippen molar-refractivity contribution in [1.82, 2.24) is 4.98 Å². The number of pyridine rings is 1.